The predicted molar refractivity (Wildman–Crippen MR) is 69.8 cm³/mol. The second-order valence-electron chi connectivity index (χ2n) is 6.93. The second kappa shape index (κ2) is 3.47. The van der Waals surface area contributed by atoms with Crippen LogP contribution in [-0.2, 0) is 4.74 Å². The number of alkyl halides is 1. The fourth-order valence-corrected chi connectivity index (χ4v) is 5.01. The normalized spacial score (nSPS) is 54.0. The van der Waals surface area contributed by atoms with Gasteiger partial charge in [-0.25, -0.2) is 0 Å². The van der Waals surface area contributed by atoms with Crippen LogP contribution < -0.4 is 0 Å². The zero-order valence-electron chi connectivity index (χ0n) is 10.6. The molecule has 3 saturated carbocycles. The van der Waals surface area contributed by atoms with Gasteiger partial charge in [0, 0.05) is 4.83 Å². The number of ether oxygens (including phenoxy) is 1. The van der Waals surface area contributed by atoms with Gasteiger partial charge in [-0.05, 0) is 48.9 Å². The van der Waals surface area contributed by atoms with Crippen LogP contribution in [0.2, 0.25) is 0 Å². The second-order valence-corrected chi connectivity index (χ2v) is 8.22. The smallest absolute Gasteiger partial charge is 0.0640 e. The Bertz CT molecular complexity index is 295. The maximum atomic E-state index is 6.36. The standard InChI is InChI=1S/C14H23BrO/c1-13(2)9-4-5-14(13,3)12(6-9)16-11-7-10(15)8-11/h9-12H,4-8H2,1-3H3. The first-order chi connectivity index (χ1) is 7.43. The highest BCUT2D eigenvalue weighted by Crippen LogP contribution is 2.66. The molecule has 3 fully saturated rings. The molecule has 3 aliphatic carbocycles. The van der Waals surface area contributed by atoms with Gasteiger partial charge in [-0.3, -0.25) is 0 Å². The Morgan fingerprint density at radius 3 is 2.25 bits per heavy atom. The molecule has 0 heterocycles. The number of hydrogen-bond acceptors (Lipinski definition) is 1. The van der Waals surface area contributed by atoms with E-state index in [4.69, 9.17) is 4.74 Å². The summed E-state index contributed by atoms with van der Waals surface area (Å²) >= 11 is 3.65. The van der Waals surface area contributed by atoms with E-state index in [0.29, 0.717) is 23.0 Å². The SMILES string of the molecule is CC1(C)C2CCC1(C)C(OC1CC(Br)C1)C2. The van der Waals surface area contributed by atoms with Crippen LogP contribution in [0.15, 0.2) is 0 Å². The average Bonchev–Trinajstić information content (AvgIpc) is 2.48. The highest BCUT2D eigenvalue weighted by molar-refractivity contribution is 9.09. The average molecular weight is 287 g/mol. The Balaban J connectivity index is 1.70. The third-order valence-corrected chi connectivity index (χ3v) is 6.86. The Morgan fingerprint density at radius 1 is 1.12 bits per heavy atom. The molecule has 1 nitrogen and oxygen atoms in total. The number of rotatable bonds is 2. The van der Waals surface area contributed by atoms with Gasteiger partial charge in [0.1, 0.15) is 0 Å². The summed E-state index contributed by atoms with van der Waals surface area (Å²) in [5, 5.41) is 0. The Kier molecular flexibility index (Phi) is 2.50. The Labute approximate surface area is 107 Å². The molecule has 3 rings (SSSR count). The maximum Gasteiger partial charge on any atom is 0.0640 e. The van der Waals surface area contributed by atoms with Gasteiger partial charge in [-0.15, -0.1) is 0 Å². The maximum absolute atomic E-state index is 6.36. The van der Waals surface area contributed by atoms with Crippen LogP contribution >= 0.6 is 15.9 Å². The largest absolute Gasteiger partial charge is 0.374 e. The Hall–Kier alpha value is 0.440. The molecule has 0 amide bonds. The minimum atomic E-state index is 0.440. The lowest BCUT2D eigenvalue weighted by atomic mass is 9.70. The summed E-state index contributed by atoms with van der Waals surface area (Å²) in [5.41, 5.74) is 0.935. The molecule has 92 valence electrons. The lowest BCUT2D eigenvalue weighted by Crippen LogP contribution is -2.42. The number of fused-ring (bicyclic) bond motifs is 2. The number of halogens is 1. The van der Waals surface area contributed by atoms with E-state index < -0.39 is 0 Å². The molecular formula is C14H23BrO. The number of hydrogen-bond donors (Lipinski definition) is 0. The van der Waals surface area contributed by atoms with Crippen molar-refractivity contribution < 1.29 is 4.74 Å². The van der Waals surface area contributed by atoms with Crippen molar-refractivity contribution in [1.29, 1.82) is 0 Å². The summed E-state index contributed by atoms with van der Waals surface area (Å²) in [6.07, 6.45) is 7.63. The zero-order chi connectivity index (χ0) is 11.6. The van der Waals surface area contributed by atoms with Crippen molar-refractivity contribution in [3.8, 4) is 0 Å². The molecule has 0 aromatic carbocycles. The van der Waals surface area contributed by atoms with E-state index in [9.17, 15) is 0 Å². The van der Waals surface area contributed by atoms with Crippen molar-refractivity contribution in [1.82, 2.24) is 0 Å². The van der Waals surface area contributed by atoms with Gasteiger partial charge in [0.05, 0.1) is 12.2 Å². The summed E-state index contributed by atoms with van der Waals surface area (Å²) in [6, 6.07) is 0. The van der Waals surface area contributed by atoms with E-state index in [0.717, 1.165) is 10.7 Å². The van der Waals surface area contributed by atoms with E-state index in [2.05, 4.69) is 36.7 Å². The molecule has 0 saturated heterocycles. The monoisotopic (exact) mass is 286 g/mol. The van der Waals surface area contributed by atoms with E-state index in [1.54, 1.807) is 0 Å². The molecule has 3 unspecified atom stereocenters. The molecule has 3 aliphatic rings. The van der Waals surface area contributed by atoms with Crippen molar-refractivity contribution in [2.75, 3.05) is 0 Å². The summed E-state index contributed by atoms with van der Waals surface area (Å²) < 4.78 is 6.36. The van der Waals surface area contributed by atoms with Crippen LogP contribution in [0.25, 0.3) is 0 Å². The van der Waals surface area contributed by atoms with Crippen LogP contribution in [0.4, 0.5) is 0 Å². The molecule has 2 heteroatoms. The quantitative estimate of drug-likeness (QED) is 0.693. The van der Waals surface area contributed by atoms with Crippen LogP contribution in [-0.4, -0.2) is 17.0 Å². The predicted octanol–water partition coefficient (Wildman–Crippen LogP) is 4.14. The molecule has 0 aliphatic heterocycles. The van der Waals surface area contributed by atoms with E-state index in [1.165, 1.54) is 32.1 Å². The van der Waals surface area contributed by atoms with Gasteiger partial charge in [-0.1, -0.05) is 36.7 Å². The van der Waals surface area contributed by atoms with Crippen LogP contribution in [0.3, 0.4) is 0 Å². The minimum Gasteiger partial charge on any atom is -0.374 e. The topological polar surface area (TPSA) is 9.23 Å². The summed E-state index contributed by atoms with van der Waals surface area (Å²) in [5.74, 6) is 0.905. The Morgan fingerprint density at radius 2 is 1.81 bits per heavy atom. The minimum absolute atomic E-state index is 0.440. The third kappa shape index (κ3) is 1.38. The molecule has 0 spiro atoms. The molecule has 3 atom stereocenters. The summed E-state index contributed by atoms with van der Waals surface area (Å²) in [7, 11) is 0. The van der Waals surface area contributed by atoms with Gasteiger partial charge in [0.15, 0.2) is 0 Å². The molecule has 2 bridgehead atoms. The highest BCUT2D eigenvalue weighted by atomic mass is 79.9. The third-order valence-electron chi connectivity index (χ3n) is 6.11. The first-order valence-electron chi connectivity index (χ1n) is 6.73. The first kappa shape index (κ1) is 11.5. The van der Waals surface area contributed by atoms with Gasteiger partial charge in [-0.2, -0.15) is 0 Å². The molecular weight excluding hydrogens is 264 g/mol. The van der Waals surface area contributed by atoms with Crippen molar-refractivity contribution >= 4 is 15.9 Å². The van der Waals surface area contributed by atoms with Gasteiger partial charge in [0.2, 0.25) is 0 Å². The van der Waals surface area contributed by atoms with Crippen molar-refractivity contribution in [3.63, 3.8) is 0 Å². The molecule has 0 aromatic rings. The van der Waals surface area contributed by atoms with E-state index in [-0.39, 0.29) is 0 Å². The molecule has 16 heavy (non-hydrogen) atoms. The van der Waals surface area contributed by atoms with Crippen LogP contribution in [0, 0.1) is 16.7 Å². The lowest BCUT2D eigenvalue weighted by Gasteiger charge is -2.43. The lowest BCUT2D eigenvalue weighted by molar-refractivity contribution is -0.108. The van der Waals surface area contributed by atoms with Crippen LogP contribution in [0.5, 0.6) is 0 Å². The van der Waals surface area contributed by atoms with E-state index >= 15 is 0 Å². The van der Waals surface area contributed by atoms with Crippen molar-refractivity contribution in [2.24, 2.45) is 16.7 Å². The highest BCUT2D eigenvalue weighted by Gasteiger charge is 2.62. The van der Waals surface area contributed by atoms with Crippen molar-refractivity contribution in [3.05, 3.63) is 0 Å². The molecule has 0 N–H and O–H groups in total. The fourth-order valence-electron chi connectivity index (χ4n) is 4.18. The zero-order valence-corrected chi connectivity index (χ0v) is 12.2. The van der Waals surface area contributed by atoms with Gasteiger partial charge < -0.3 is 4.74 Å². The molecule has 0 radical (unpaired) electrons. The first-order valence-corrected chi connectivity index (χ1v) is 7.64. The van der Waals surface area contributed by atoms with Crippen LogP contribution in [0.1, 0.15) is 52.9 Å². The summed E-state index contributed by atoms with van der Waals surface area (Å²) in [6.45, 7) is 7.39. The van der Waals surface area contributed by atoms with E-state index in [1.807, 2.05) is 0 Å². The van der Waals surface area contributed by atoms with Crippen molar-refractivity contribution in [2.45, 2.75) is 69.9 Å². The van der Waals surface area contributed by atoms with Gasteiger partial charge in [0.25, 0.3) is 0 Å². The molecule has 0 aromatic heterocycles. The fraction of sp³-hybridized carbons (Fsp3) is 1.00. The summed E-state index contributed by atoms with van der Waals surface area (Å²) in [4.78, 5) is 0.719. The van der Waals surface area contributed by atoms with Gasteiger partial charge >= 0.3 is 0 Å².